The molecule has 0 amide bonds. The molecule has 0 aliphatic carbocycles. The van der Waals surface area contributed by atoms with Gasteiger partial charge >= 0.3 is 0 Å². The molecule has 0 aromatic heterocycles. The summed E-state index contributed by atoms with van der Waals surface area (Å²) in [6.07, 6.45) is 1.42. The van der Waals surface area contributed by atoms with Crippen molar-refractivity contribution in [3.63, 3.8) is 0 Å². The fraction of sp³-hybridized carbons (Fsp3) is 0.500. The molecule has 1 saturated heterocycles. The van der Waals surface area contributed by atoms with Crippen molar-refractivity contribution in [3.8, 4) is 0 Å². The highest BCUT2D eigenvalue weighted by Crippen LogP contribution is 2.21. The molecule has 2 rings (SSSR count). The van der Waals surface area contributed by atoms with Crippen molar-refractivity contribution in [2.75, 3.05) is 18.9 Å². The summed E-state index contributed by atoms with van der Waals surface area (Å²) in [5, 5.41) is 0. The van der Waals surface area contributed by atoms with Gasteiger partial charge in [0.05, 0.1) is 4.90 Å². The van der Waals surface area contributed by atoms with Crippen LogP contribution in [0.1, 0.15) is 18.4 Å². The van der Waals surface area contributed by atoms with E-state index in [2.05, 4.69) is 4.72 Å². The van der Waals surface area contributed by atoms with Crippen LogP contribution in [-0.4, -0.2) is 27.7 Å². The van der Waals surface area contributed by atoms with Crippen LogP contribution in [0.25, 0.3) is 0 Å². The quantitative estimate of drug-likeness (QED) is 0.804. The first-order chi connectivity index (χ1) is 8.50. The number of ether oxygens (including phenoxy) is 1. The maximum Gasteiger partial charge on any atom is 0.241 e. The summed E-state index contributed by atoms with van der Waals surface area (Å²) >= 11 is 0. The third-order valence-corrected chi connectivity index (χ3v) is 4.82. The summed E-state index contributed by atoms with van der Waals surface area (Å²) in [4.78, 5) is 0.258. The summed E-state index contributed by atoms with van der Waals surface area (Å²) < 4.78 is 32.5. The van der Waals surface area contributed by atoms with E-state index in [4.69, 9.17) is 10.5 Å². The van der Waals surface area contributed by atoms with E-state index in [0.29, 0.717) is 37.3 Å². The Morgan fingerprint density at radius 2 is 2.00 bits per heavy atom. The van der Waals surface area contributed by atoms with Gasteiger partial charge < -0.3 is 10.5 Å². The Hall–Kier alpha value is -1.11. The van der Waals surface area contributed by atoms with Crippen LogP contribution in [-0.2, 0) is 14.8 Å². The van der Waals surface area contributed by atoms with Crippen molar-refractivity contribution in [1.82, 2.24) is 4.72 Å². The number of sulfonamides is 1. The van der Waals surface area contributed by atoms with E-state index in [1.165, 1.54) is 0 Å². The van der Waals surface area contributed by atoms with Gasteiger partial charge in [0.15, 0.2) is 0 Å². The van der Waals surface area contributed by atoms with E-state index in [0.717, 1.165) is 0 Å². The van der Waals surface area contributed by atoms with E-state index in [-0.39, 0.29) is 10.9 Å². The molecule has 0 radical (unpaired) electrons. The lowest BCUT2D eigenvalue weighted by atomic mass is 10.1. The molecule has 1 aliphatic rings. The Morgan fingerprint density at radius 1 is 1.33 bits per heavy atom. The molecule has 18 heavy (non-hydrogen) atoms. The minimum atomic E-state index is -3.50. The fourth-order valence-corrected chi connectivity index (χ4v) is 3.60. The third kappa shape index (κ3) is 2.82. The summed E-state index contributed by atoms with van der Waals surface area (Å²) in [7, 11) is -3.50. The molecular weight excluding hydrogens is 252 g/mol. The van der Waals surface area contributed by atoms with Crippen LogP contribution in [0.15, 0.2) is 23.1 Å². The van der Waals surface area contributed by atoms with Gasteiger partial charge in [-0.05, 0) is 37.5 Å². The van der Waals surface area contributed by atoms with Crippen LogP contribution in [0.4, 0.5) is 5.69 Å². The number of hydrogen-bond donors (Lipinski definition) is 2. The van der Waals surface area contributed by atoms with Gasteiger partial charge in [-0.1, -0.05) is 6.07 Å². The maximum atomic E-state index is 12.3. The van der Waals surface area contributed by atoms with Crippen molar-refractivity contribution in [2.24, 2.45) is 0 Å². The number of nitrogen functional groups attached to an aromatic ring is 1. The zero-order valence-electron chi connectivity index (χ0n) is 10.3. The van der Waals surface area contributed by atoms with Crippen molar-refractivity contribution >= 4 is 15.7 Å². The van der Waals surface area contributed by atoms with E-state index >= 15 is 0 Å². The molecule has 0 atom stereocenters. The first kappa shape index (κ1) is 13.3. The second-order valence-corrected chi connectivity index (χ2v) is 6.16. The molecule has 1 aliphatic heterocycles. The van der Waals surface area contributed by atoms with Gasteiger partial charge in [-0.3, -0.25) is 0 Å². The first-order valence-corrected chi connectivity index (χ1v) is 7.44. The summed E-state index contributed by atoms with van der Waals surface area (Å²) in [6, 6.07) is 4.88. The number of nitrogens with two attached hydrogens (primary N) is 1. The van der Waals surface area contributed by atoms with Crippen LogP contribution in [0.2, 0.25) is 0 Å². The minimum absolute atomic E-state index is 0.0513. The van der Waals surface area contributed by atoms with Gasteiger partial charge in [0.25, 0.3) is 0 Å². The van der Waals surface area contributed by atoms with E-state index in [9.17, 15) is 8.42 Å². The second-order valence-electron chi connectivity index (χ2n) is 4.48. The van der Waals surface area contributed by atoms with Crippen molar-refractivity contribution < 1.29 is 13.2 Å². The smallest absolute Gasteiger partial charge is 0.241 e. The van der Waals surface area contributed by atoms with Gasteiger partial charge in [-0.25, -0.2) is 13.1 Å². The molecule has 1 fully saturated rings. The summed E-state index contributed by atoms with van der Waals surface area (Å²) in [5.41, 5.74) is 6.82. The van der Waals surface area contributed by atoms with Crippen LogP contribution >= 0.6 is 0 Å². The highest BCUT2D eigenvalue weighted by molar-refractivity contribution is 7.89. The van der Waals surface area contributed by atoms with Gasteiger partial charge in [0, 0.05) is 24.9 Å². The number of hydrogen-bond acceptors (Lipinski definition) is 4. The van der Waals surface area contributed by atoms with Crippen LogP contribution in [0.3, 0.4) is 0 Å². The van der Waals surface area contributed by atoms with Crippen molar-refractivity contribution in [3.05, 3.63) is 23.8 Å². The van der Waals surface area contributed by atoms with Crippen molar-refractivity contribution in [2.45, 2.75) is 30.7 Å². The Bertz CT molecular complexity index is 522. The average molecular weight is 270 g/mol. The van der Waals surface area contributed by atoms with Gasteiger partial charge in [0.1, 0.15) is 0 Å². The molecule has 100 valence electrons. The van der Waals surface area contributed by atoms with Gasteiger partial charge in [-0.2, -0.15) is 0 Å². The highest BCUT2D eigenvalue weighted by Gasteiger charge is 2.23. The summed E-state index contributed by atoms with van der Waals surface area (Å²) in [5.74, 6) is 0. The SMILES string of the molecule is Cc1c(N)cccc1S(=O)(=O)NC1CCOCC1. The fourth-order valence-electron chi connectivity index (χ4n) is 2.02. The normalized spacial score (nSPS) is 17.8. The van der Waals surface area contributed by atoms with Crippen LogP contribution in [0.5, 0.6) is 0 Å². The third-order valence-electron chi connectivity index (χ3n) is 3.16. The number of anilines is 1. The minimum Gasteiger partial charge on any atom is -0.398 e. The average Bonchev–Trinajstić information content (AvgIpc) is 2.33. The lowest BCUT2D eigenvalue weighted by Crippen LogP contribution is -2.39. The van der Waals surface area contributed by atoms with Crippen molar-refractivity contribution in [1.29, 1.82) is 0 Å². The van der Waals surface area contributed by atoms with Gasteiger partial charge in [0.2, 0.25) is 10.0 Å². The molecule has 6 heteroatoms. The van der Waals surface area contributed by atoms with E-state index < -0.39 is 10.0 Å². The molecule has 0 saturated carbocycles. The zero-order valence-corrected chi connectivity index (χ0v) is 11.2. The number of rotatable bonds is 3. The molecule has 3 N–H and O–H groups in total. The molecular formula is C12H18N2O3S. The molecule has 5 nitrogen and oxygen atoms in total. The largest absolute Gasteiger partial charge is 0.398 e. The molecule has 0 spiro atoms. The molecule has 1 heterocycles. The van der Waals surface area contributed by atoms with E-state index in [1.54, 1.807) is 25.1 Å². The first-order valence-electron chi connectivity index (χ1n) is 5.96. The summed E-state index contributed by atoms with van der Waals surface area (Å²) in [6.45, 7) is 2.92. The lowest BCUT2D eigenvalue weighted by Gasteiger charge is -2.23. The Labute approximate surface area is 107 Å². The van der Waals surface area contributed by atoms with Crippen LogP contribution < -0.4 is 10.5 Å². The second kappa shape index (κ2) is 5.26. The Morgan fingerprint density at radius 3 is 2.67 bits per heavy atom. The predicted octanol–water partition coefficient (Wildman–Crippen LogP) is 1.03. The number of nitrogens with one attached hydrogen (secondary N) is 1. The Balaban J connectivity index is 2.22. The van der Waals surface area contributed by atoms with Crippen LogP contribution in [0, 0.1) is 6.92 Å². The van der Waals surface area contributed by atoms with Gasteiger partial charge in [-0.15, -0.1) is 0 Å². The molecule has 1 aromatic rings. The monoisotopic (exact) mass is 270 g/mol. The lowest BCUT2D eigenvalue weighted by molar-refractivity contribution is 0.0832. The Kier molecular flexibility index (Phi) is 3.89. The zero-order chi connectivity index (χ0) is 13.2. The standard InChI is InChI=1S/C12H18N2O3S/c1-9-11(13)3-2-4-12(9)18(15,16)14-10-5-7-17-8-6-10/h2-4,10,14H,5-8,13H2,1H3. The molecule has 0 unspecified atom stereocenters. The van der Waals surface area contributed by atoms with E-state index in [1.807, 2.05) is 0 Å². The molecule has 1 aromatic carbocycles. The number of benzene rings is 1. The predicted molar refractivity (Wildman–Crippen MR) is 69.8 cm³/mol. The molecule has 0 bridgehead atoms. The maximum absolute atomic E-state index is 12.3. The topological polar surface area (TPSA) is 81.4 Å². The highest BCUT2D eigenvalue weighted by atomic mass is 32.2.